The summed E-state index contributed by atoms with van der Waals surface area (Å²) in [6, 6.07) is 4.01. The van der Waals surface area contributed by atoms with Crippen molar-refractivity contribution in [2.45, 2.75) is 11.4 Å². The molecule has 2 N–H and O–H groups in total. The predicted molar refractivity (Wildman–Crippen MR) is 54.7 cm³/mol. The standard InChI is InChI=1S/C9H10FN3OS/c1-15(14,13-6-12)8-3-2-7(5-11)9(10)4-8/h2-4H,5,11H2,1H3/t15-/m1/s1. The minimum absolute atomic E-state index is 0.0758. The van der Waals surface area contributed by atoms with E-state index in [-0.39, 0.29) is 11.4 Å². The zero-order valence-electron chi connectivity index (χ0n) is 8.11. The van der Waals surface area contributed by atoms with Crippen LogP contribution in [0.5, 0.6) is 0 Å². The molecule has 0 aliphatic rings. The molecule has 0 aliphatic carbocycles. The van der Waals surface area contributed by atoms with Gasteiger partial charge in [0.25, 0.3) is 0 Å². The predicted octanol–water partition coefficient (Wildman–Crippen LogP) is 1.22. The molecule has 0 aromatic heterocycles. The third-order valence-electron chi connectivity index (χ3n) is 1.90. The first-order valence-corrected chi connectivity index (χ1v) is 6.02. The summed E-state index contributed by atoms with van der Waals surface area (Å²) in [6.07, 6.45) is 2.74. The van der Waals surface area contributed by atoms with Gasteiger partial charge in [-0.05, 0) is 12.1 Å². The van der Waals surface area contributed by atoms with Crippen molar-refractivity contribution in [3.05, 3.63) is 29.6 Å². The quantitative estimate of drug-likeness (QED) is 0.771. The van der Waals surface area contributed by atoms with Gasteiger partial charge in [-0.25, -0.2) is 8.60 Å². The maximum atomic E-state index is 13.3. The van der Waals surface area contributed by atoms with Crippen LogP contribution in [0, 0.1) is 17.3 Å². The number of hydrogen-bond donors (Lipinski definition) is 1. The highest BCUT2D eigenvalue weighted by atomic mass is 32.2. The fraction of sp³-hybridized carbons (Fsp3) is 0.222. The highest BCUT2D eigenvalue weighted by Crippen LogP contribution is 2.16. The Morgan fingerprint density at radius 2 is 2.33 bits per heavy atom. The SMILES string of the molecule is C[S@](=O)(=NC#N)c1ccc(CN)c(F)c1. The van der Waals surface area contributed by atoms with E-state index in [1.807, 2.05) is 0 Å². The average Bonchev–Trinajstić information content (AvgIpc) is 2.17. The van der Waals surface area contributed by atoms with E-state index in [9.17, 15) is 8.60 Å². The van der Waals surface area contributed by atoms with Crippen LogP contribution in [0.15, 0.2) is 27.5 Å². The van der Waals surface area contributed by atoms with E-state index in [0.717, 1.165) is 6.07 Å². The molecule has 0 saturated heterocycles. The molecule has 0 spiro atoms. The molecule has 0 unspecified atom stereocenters. The molecule has 1 rings (SSSR count). The molecule has 0 aliphatic heterocycles. The van der Waals surface area contributed by atoms with Gasteiger partial charge in [-0.1, -0.05) is 6.07 Å². The fourth-order valence-electron chi connectivity index (χ4n) is 1.06. The van der Waals surface area contributed by atoms with Crippen molar-refractivity contribution in [2.24, 2.45) is 10.1 Å². The highest BCUT2D eigenvalue weighted by molar-refractivity contribution is 7.93. The lowest BCUT2D eigenvalue weighted by Gasteiger charge is -2.04. The van der Waals surface area contributed by atoms with Gasteiger partial charge in [0.05, 0.1) is 14.6 Å². The molecule has 1 aromatic carbocycles. The number of halogens is 1. The van der Waals surface area contributed by atoms with Gasteiger partial charge in [-0.2, -0.15) is 5.26 Å². The second-order valence-electron chi connectivity index (χ2n) is 2.95. The Labute approximate surface area is 87.7 Å². The smallest absolute Gasteiger partial charge is 0.214 e. The first-order chi connectivity index (χ1) is 7.01. The molecule has 0 fully saturated rings. The molecular weight excluding hydrogens is 217 g/mol. The second-order valence-corrected chi connectivity index (χ2v) is 5.21. The largest absolute Gasteiger partial charge is 0.326 e. The van der Waals surface area contributed by atoms with Crippen LogP contribution >= 0.6 is 0 Å². The summed E-state index contributed by atoms with van der Waals surface area (Å²) < 4.78 is 28.3. The number of benzene rings is 1. The van der Waals surface area contributed by atoms with Crippen molar-refractivity contribution >= 4 is 9.73 Å². The first-order valence-electron chi connectivity index (χ1n) is 4.10. The summed E-state index contributed by atoms with van der Waals surface area (Å²) >= 11 is 0. The summed E-state index contributed by atoms with van der Waals surface area (Å²) in [5, 5.41) is 8.32. The van der Waals surface area contributed by atoms with E-state index < -0.39 is 15.5 Å². The summed E-state index contributed by atoms with van der Waals surface area (Å²) in [5.41, 5.74) is 5.62. The fourth-order valence-corrected chi connectivity index (χ4v) is 1.96. The summed E-state index contributed by atoms with van der Waals surface area (Å²) in [7, 11) is -2.82. The van der Waals surface area contributed by atoms with Crippen molar-refractivity contribution in [2.75, 3.05) is 6.26 Å². The van der Waals surface area contributed by atoms with E-state index >= 15 is 0 Å². The number of nitriles is 1. The van der Waals surface area contributed by atoms with Gasteiger partial charge >= 0.3 is 0 Å². The lowest BCUT2D eigenvalue weighted by molar-refractivity contribution is 0.605. The lowest BCUT2D eigenvalue weighted by Crippen LogP contribution is -2.03. The van der Waals surface area contributed by atoms with Gasteiger partial charge in [-0.3, -0.25) is 0 Å². The van der Waals surface area contributed by atoms with Crippen LogP contribution in [0.2, 0.25) is 0 Å². The van der Waals surface area contributed by atoms with Crippen molar-refractivity contribution in [3.63, 3.8) is 0 Å². The second kappa shape index (κ2) is 4.38. The Balaban J connectivity index is 3.33. The molecule has 1 aromatic rings. The molecule has 0 amide bonds. The van der Waals surface area contributed by atoms with Gasteiger partial charge in [-0.15, -0.1) is 4.36 Å². The molecular formula is C9H10FN3OS. The summed E-state index contributed by atoms with van der Waals surface area (Å²) in [5.74, 6) is -0.530. The third kappa shape index (κ3) is 2.52. The number of nitrogens with two attached hydrogens (primary N) is 1. The summed E-state index contributed by atoms with van der Waals surface area (Å²) in [6.45, 7) is 0.0758. The normalized spacial score (nSPS) is 14.0. The van der Waals surface area contributed by atoms with E-state index in [4.69, 9.17) is 11.0 Å². The Hall–Kier alpha value is -1.45. The van der Waals surface area contributed by atoms with Crippen molar-refractivity contribution in [1.82, 2.24) is 0 Å². The maximum absolute atomic E-state index is 13.3. The molecule has 6 heteroatoms. The molecule has 0 saturated carbocycles. The van der Waals surface area contributed by atoms with Crippen LogP contribution in [0.3, 0.4) is 0 Å². The highest BCUT2D eigenvalue weighted by Gasteiger charge is 2.09. The van der Waals surface area contributed by atoms with Crippen LogP contribution in [0.25, 0.3) is 0 Å². The van der Waals surface area contributed by atoms with E-state index in [2.05, 4.69) is 4.36 Å². The van der Waals surface area contributed by atoms with Crippen LogP contribution in [0.4, 0.5) is 4.39 Å². The first kappa shape index (κ1) is 11.6. The lowest BCUT2D eigenvalue weighted by atomic mass is 10.2. The third-order valence-corrected chi connectivity index (χ3v) is 3.46. The Morgan fingerprint density at radius 3 is 2.80 bits per heavy atom. The molecule has 0 radical (unpaired) electrons. The van der Waals surface area contributed by atoms with Crippen LogP contribution < -0.4 is 5.73 Å². The maximum Gasteiger partial charge on any atom is 0.214 e. The van der Waals surface area contributed by atoms with E-state index in [1.54, 1.807) is 0 Å². The van der Waals surface area contributed by atoms with Crippen molar-refractivity contribution < 1.29 is 8.60 Å². The molecule has 80 valence electrons. The van der Waals surface area contributed by atoms with Gasteiger partial charge in [0.1, 0.15) is 5.82 Å². The zero-order chi connectivity index (χ0) is 11.5. The van der Waals surface area contributed by atoms with Crippen LogP contribution in [-0.4, -0.2) is 10.5 Å². The van der Waals surface area contributed by atoms with Gasteiger partial charge in [0, 0.05) is 18.4 Å². The van der Waals surface area contributed by atoms with Gasteiger partial charge in [0.15, 0.2) is 0 Å². The Bertz CT molecular complexity index is 527. The molecule has 0 bridgehead atoms. The zero-order valence-corrected chi connectivity index (χ0v) is 8.92. The van der Waals surface area contributed by atoms with Crippen molar-refractivity contribution in [3.8, 4) is 6.19 Å². The minimum atomic E-state index is -2.82. The Kier molecular flexibility index (Phi) is 3.39. The van der Waals surface area contributed by atoms with Crippen LogP contribution in [0.1, 0.15) is 5.56 Å². The van der Waals surface area contributed by atoms with Crippen molar-refractivity contribution in [1.29, 1.82) is 5.26 Å². The molecule has 1 atom stereocenters. The van der Waals surface area contributed by atoms with E-state index in [1.165, 1.54) is 24.6 Å². The molecule has 0 heterocycles. The molecule has 4 nitrogen and oxygen atoms in total. The Morgan fingerprint density at radius 1 is 1.67 bits per heavy atom. The summed E-state index contributed by atoms with van der Waals surface area (Å²) in [4.78, 5) is 0.193. The topological polar surface area (TPSA) is 79.2 Å². The minimum Gasteiger partial charge on any atom is -0.326 e. The molecule has 15 heavy (non-hydrogen) atoms. The van der Waals surface area contributed by atoms with E-state index in [0.29, 0.717) is 5.56 Å². The number of nitrogens with zero attached hydrogens (tertiary/aromatic N) is 2. The number of hydrogen-bond acceptors (Lipinski definition) is 4. The average molecular weight is 227 g/mol. The van der Waals surface area contributed by atoms with Crippen LogP contribution in [-0.2, 0) is 16.3 Å². The van der Waals surface area contributed by atoms with Gasteiger partial charge < -0.3 is 5.73 Å². The number of rotatable bonds is 2. The van der Waals surface area contributed by atoms with Gasteiger partial charge in [0.2, 0.25) is 6.19 Å². The monoisotopic (exact) mass is 227 g/mol.